The van der Waals surface area contributed by atoms with Crippen LogP contribution in [0, 0.1) is 0 Å². The van der Waals surface area contributed by atoms with Gasteiger partial charge in [0, 0.05) is 48.2 Å². The number of nitrogens with two attached hydrogens (primary N) is 1. The lowest BCUT2D eigenvalue weighted by Crippen LogP contribution is -2.30. The molecule has 2 N–H and O–H groups in total. The van der Waals surface area contributed by atoms with Gasteiger partial charge in [0.05, 0.1) is 6.10 Å². The Morgan fingerprint density at radius 2 is 2.19 bits per heavy atom. The van der Waals surface area contributed by atoms with Gasteiger partial charge in [-0.25, -0.2) is 0 Å². The van der Waals surface area contributed by atoms with Crippen LogP contribution in [0.4, 0.5) is 0 Å². The highest BCUT2D eigenvalue weighted by atomic mass is 32.2. The van der Waals surface area contributed by atoms with Crippen LogP contribution in [0.3, 0.4) is 0 Å². The first-order chi connectivity index (χ1) is 7.77. The van der Waals surface area contributed by atoms with Crippen LogP contribution in [-0.4, -0.2) is 47.7 Å². The molecule has 1 aliphatic rings. The topological polar surface area (TPSA) is 61.5 Å². The second-order valence-electron chi connectivity index (χ2n) is 4.00. The summed E-state index contributed by atoms with van der Waals surface area (Å²) < 4.78 is 22.7. The van der Waals surface area contributed by atoms with Crippen molar-refractivity contribution in [2.45, 2.75) is 37.5 Å². The van der Waals surface area contributed by atoms with Crippen molar-refractivity contribution in [3.8, 4) is 0 Å². The average molecular weight is 249 g/mol. The number of hydrogen-bond acceptors (Lipinski definition) is 4. The summed E-state index contributed by atoms with van der Waals surface area (Å²) in [5.74, 6) is 0.701. The van der Waals surface area contributed by atoms with Crippen LogP contribution in [0.5, 0.6) is 0 Å². The molecule has 0 radical (unpaired) electrons. The number of ether oxygens (including phenoxy) is 2. The van der Waals surface area contributed by atoms with Gasteiger partial charge in [-0.3, -0.25) is 4.21 Å². The van der Waals surface area contributed by atoms with Crippen molar-refractivity contribution in [1.82, 2.24) is 0 Å². The minimum Gasteiger partial charge on any atom is -0.381 e. The summed E-state index contributed by atoms with van der Waals surface area (Å²) in [4.78, 5) is 0. The molecule has 0 aromatic carbocycles. The summed E-state index contributed by atoms with van der Waals surface area (Å²) in [6, 6.07) is 0. The van der Waals surface area contributed by atoms with Gasteiger partial charge in [0.1, 0.15) is 0 Å². The predicted octanol–water partition coefficient (Wildman–Crippen LogP) is 0.668. The van der Waals surface area contributed by atoms with Crippen LogP contribution >= 0.6 is 0 Å². The fraction of sp³-hybridized carbons (Fsp3) is 1.00. The molecule has 0 spiro atoms. The van der Waals surface area contributed by atoms with Crippen molar-refractivity contribution in [2.75, 3.05) is 32.1 Å². The molecule has 0 amide bonds. The molecule has 0 bridgehead atoms. The highest BCUT2D eigenvalue weighted by Crippen LogP contribution is 2.14. The van der Waals surface area contributed by atoms with Crippen LogP contribution in [-0.2, 0) is 20.3 Å². The minimum atomic E-state index is -0.748. The van der Waals surface area contributed by atoms with Crippen molar-refractivity contribution >= 4 is 10.8 Å². The second-order valence-corrected chi connectivity index (χ2v) is 5.83. The van der Waals surface area contributed by atoms with Gasteiger partial charge in [0.25, 0.3) is 0 Å². The van der Waals surface area contributed by atoms with Crippen molar-refractivity contribution in [2.24, 2.45) is 5.73 Å². The Kier molecular flexibility index (Phi) is 7.20. The van der Waals surface area contributed by atoms with E-state index in [0.717, 1.165) is 32.5 Å². The van der Waals surface area contributed by atoms with E-state index < -0.39 is 10.8 Å². The van der Waals surface area contributed by atoms with Crippen molar-refractivity contribution in [1.29, 1.82) is 0 Å². The Hall–Kier alpha value is 0.0300. The molecule has 2 unspecified atom stereocenters. The number of rotatable bonds is 7. The molecule has 0 aromatic rings. The molecular weight excluding hydrogens is 226 g/mol. The van der Waals surface area contributed by atoms with E-state index in [1.165, 1.54) is 0 Å². The first kappa shape index (κ1) is 14.1. The van der Waals surface area contributed by atoms with Crippen LogP contribution in [0.15, 0.2) is 0 Å². The fourth-order valence-electron chi connectivity index (χ4n) is 1.86. The third-order valence-electron chi connectivity index (χ3n) is 2.85. The lowest BCUT2D eigenvalue weighted by molar-refractivity contribution is 0.0670. The summed E-state index contributed by atoms with van der Waals surface area (Å²) >= 11 is 0. The zero-order valence-electron chi connectivity index (χ0n) is 10.0. The molecule has 0 aliphatic carbocycles. The van der Waals surface area contributed by atoms with Crippen molar-refractivity contribution < 1.29 is 13.7 Å². The van der Waals surface area contributed by atoms with Gasteiger partial charge in [-0.15, -0.1) is 0 Å². The molecule has 1 aliphatic heterocycles. The van der Waals surface area contributed by atoms with Crippen molar-refractivity contribution in [3.05, 3.63) is 0 Å². The lowest BCUT2D eigenvalue weighted by Gasteiger charge is -2.22. The van der Waals surface area contributed by atoms with Gasteiger partial charge < -0.3 is 15.2 Å². The standard InChI is InChI=1S/C11H23NO3S/c1-2-15-10(9-12)5-8-16(13)11-3-6-14-7-4-11/h10-11H,2-9,12H2,1H3. The van der Waals surface area contributed by atoms with Gasteiger partial charge in [0.15, 0.2) is 0 Å². The van der Waals surface area contributed by atoms with Crippen molar-refractivity contribution in [3.63, 3.8) is 0 Å². The van der Waals surface area contributed by atoms with E-state index >= 15 is 0 Å². The van der Waals surface area contributed by atoms with E-state index in [4.69, 9.17) is 15.2 Å². The SMILES string of the molecule is CCOC(CN)CCS(=O)C1CCOCC1. The fourth-order valence-corrected chi connectivity index (χ4v) is 3.40. The molecule has 4 nitrogen and oxygen atoms in total. The maximum absolute atomic E-state index is 12.0. The van der Waals surface area contributed by atoms with E-state index in [1.54, 1.807) is 0 Å². The Morgan fingerprint density at radius 3 is 2.75 bits per heavy atom. The van der Waals surface area contributed by atoms with E-state index in [2.05, 4.69) is 0 Å². The highest BCUT2D eigenvalue weighted by Gasteiger charge is 2.20. The summed E-state index contributed by atoms with van der Waals surface area (Å²) in [6.07, 6.45) is 2.71. The third-order valence-corrected chi connectivity index (χ3v) is 4.70. The van der Waals surface area contributed by atoms with Crippen LogP contribution in [0.1, 0.15) is 26.2 Å². The largest absolute Gasteiger partial charge is 0.381 e. The van der Waals surface area contributed by atoms with Gasteiger partial charge in [-0.1, -0.05) is 0 Å². The van der Waals surface area contributed by atoms with Crippen LogP contribution in [0.2, 0.25) is 0 Å². The molecule has 0 aromatic heterocycles. The Bertz CT molecular complexity index is 207. The molecule has 0 saturated carbocycles. The first-order valence-corrected chi connectivity index (χ1v) is 7.42. The first-order valence-electron chi connectivity index (χ1n) is 6.04. The Labute approximate surface area is 100 Å². The zero-order chi connectivity index (χ0) is 11.8. The van der Waals surface area contributed by atoms with Gasteiger partial charge in [-0.05, 0) is 26.2 Å². The monoisotopic (exact) mass is 249 g/mol. The molecule has 2 atom stereocenters. The molecule has 5 heteroatoms. The number of hydrogen-bond donors (Lipinski definition) is 1. The summed E-state index contributed by atoms with van der Waals surface area (Å²) in [6.45, 7) is 4.65. The zero-order valence-corrected chi connectivity index (χ0v) is 10.8. The van der Waals surface area contributed by atoms with Gasteiger partial charge in [-0.2, -0.15) is 0 Å². The normalized spacial score (nSPS) is 21.9. The predicted molar refractivity (Wildman–Crippen MR) is 65.9 cm³/mol. The summed E-state index contributed by atoms with van der Waals surface area (Å²) in [5.41, 5.74) is 5.58. The third kappa shape index (κ3) is 4.91. The molecule has 1 rings (SSSR count). The van der Waals surface area contributed by atoms with Gasteiger partial charge >= 0.3 is 0 Å². The molecule has 96 valence electrons. The summed E-state index contributed by atoms with van der Waals surface area (Å²) in [7, 11) is -0.748. The lowest BCUT2D eigenvalue weighted by atomic mass is 10.2. The smallest absolute Gasteiger partial charge is 0.0705 e. The minimum absolute atomic E-state index is 0.0637. The Morgan fingerprint density at radius 1 is 1.50 bits per heavy atom. The van der Waals surface area contributed by atoms with E-state index in [0.29, 0.717) is 24.2 Å². The maximum atomic E-state index is 12.0. The van der Waals surface area contributed by atoms with E-state index in [9.17, 15) is 4.21 Å². The van der Waals surface area contributed by atoms with Crippen LogP contribution < -0.4 is 5.73 Å². The van der Waals surface area contributed by atoms with Gasteiger partial charge in [0.2, 0.25) is 0 Å². The van der Waals surface area contributed by atoms with Crippen LogP contribution in [0.25, 0.3) is 0 Å². The second kappa shape index (κ2) is 8.17. The Balaban J connectivity index is 2.22. The highest BCUT2D eigenvalue weighted by molar-refractivity contribution is 7.85. The maximum Gasteiger partial charge on any atom is 0.0705 e. The quantitative estimate of drug-likeness (QED) is 0.720. The van der Waals surface area contributed by atoms with E-state index in [-0.39, 0.29) is 6.10 Å². The molecule has 16 heavy (non-hydrogen) atoms. The molecule has 1 saturated heterocycles. The average Bonchev–Trinajstić information content (AvgIpc) is 2.35. The molecule has 1 fully saturated rings. The summed E-state index contributed by atoms with van der Waals surface area (Å²) in [5, 5.41) is 0.314. The van der Waals surface area contributed by atoms with E-state index in [1.807, 2.05) is 6.92 Å². The molecular formula is C11H23NO3S. The molecule has 1 heterocycles.